The summed E-state index contributed by atoms with van der Waals surface area (Å²) in [7, 11) is 0. The van der Waals surface area contributed by atoms with Crippen LogP contribution in [0.2, 0.25) is 0 Å². The summed E-state index contributed by atoms with van der Waals surface area (Å²) in [5.41, 5.74) is 18.6. The highest BCUT2D eigenvalue weighted by molar-refractivity contribution is 7.24. The predicted molar refractivity (Wildman–Crippen MR) is 275 cm³/mol. The molecule has 0 fully saturated rings. The molecule has 2 aliphatic heterocycles. The summed E-state index contributed by atoms with van der Waals surface area (Å²) in [4.78, 5) is 19.2. The van der Waals surface area contributed by atoms with Crippen molar-refractivity contribution in [1.82, 2.24) is 19.9 Å². The molecule has 2 unspecified atom stereocenters. The lowest BCUT2D eigenvalue weighted by Gasteiger charge is -2.17. The molecule has 2 atom stereocenters. The van der Waals surface area contributed by atoms with Gasteiger partial charge in [0.25, 0.3) is 0 Å². The maximum Gasteiger partial charge on any atom is 0.0730 e. The molecule has 0 saturated heterocycles. The number of thiophene rings is 1. The van der Waals surface area contributed by atoms with Crippen molar-refractivity contribution < 1.29 is 0 Å². The molecule has 0 spiro atoms. The van der Waals surface area contributed by atoms with Gasteiger partial charge < -0.3 is 9.97 Å². The van der Waals surface area contributed by atoms with Crippen LogP contribution in [0.25, 0.3) is 99.6 Å². The minimum atomic E-state index is 0.400. The van der Waals surface area contributed by atoms with E-state index in [9.17, 15) is 0 Å². The fraction of sp³-hybridized carbons (Fsp3) is 0.276. The molecule has 0 radical (unpaired) electrons. The number of hydrogen-bond donors (Lipinski definition) is 2. The molecule has 10 rings (SSSR count). The van der Waals surface area contributed by atoms with Crippen molar-refractivity contribution in [3.8, 4) is 22.3 Å². The minimum Gasteiger partial charge on any atom is -0.353 e. The number of unbranched alkanes of at least 4 members (excludes halogenated alkanes) is 2. The molecule has 4 aromatic heterocycles. The van der Waals surface area contributed by atoms with Crippen LogP contribution < -0.4 is 0 Å². The number of nitrogens with one attached hydrogen (secondary N) is 2. The van der Waals surface area contributed by atoms with E-state index in [1.165, 1.54) is 101 Å². The van der Waals surface area contributed by atoms with Crippen LogP contribution in [0.3, 0.4) is 0 Å². The summed E-state index contributed by atoms with van der Waals surface area (Å²) in [5.74, 6) is 0.799. The number of benzene rings is 4. The van der Waals surface area contributed by atoms with Gasteiger partial charge in [0, 0.05) is 42.3 Å². The number of H-pyrrole nitrogens is 2. The highest BCUT2D eigenvalue weighted by Gasteiger charge is 2.26. The molecule has 5 heteroatoms. The van der Waals surface area contributed by atoms with Gasteiger partial charge in [0.2, 0.25) is 0 Å². The Bertz CT molecular complexity index is 3030. The van der Waals surface area contributed by atoms with Crippen LogP contribution in [0.5, 0.6) is 0 Å². The lowest BCUT2D eigenvalue weighted by molar-refractivity contribution is 0.576. The monoisotopic (exact) mass is 842 g/mol. The van der Waals surface area contributed by atoms with Crippen molar-refractivity contribution in [2.75, 3.05) is 0 Å². The molecular weight excluding hydrogens is 785 g/mol. The molecule has 6 heterocycles. The Hall–Kier alpha value is -6.04. The van der Waals surface area contributed by atoms with E-state index < -0.39 is 0 Å². The maximum atomic E-state index is 5.49. The molecule has 0 aliphatic carbocycles. The zero-order valence-corrected chi connectivity index (χ0v) is 38.5. The van der Waals surface area contributed by atoms with Crippen LogP contribution >= 0.6 is 11.3 Å². The quantitative estimate of drug-likeness (QED) is 0.129. The Kier molecular flexibility index (Phi) is 11.2. The molecular formula is C58H58N4S. The van der Waals surface area contributed by atoms with Crippen LogP contribution in [0.4, 0.5) is 0 Å². The zero-order chi connectivity index (χ0) is 43.2. The zero-order valence-electron chi connectivity index (χ0n) is 37.7. The lowest BCUT2D eigenvalue weighted by Crippen LogP contribution is -1.99. The first kappa shape index (κ1) is 41.0. The van der Waals surface area contributed by atoms with Gasteiger partial charge in [0.1, 0.15) is 0 Å². The van der Waals surface area contributed by atoms with Gasteiger partial charge in [0.05, 0.1) is 33.8 Å². The van der Waals surface area contributed by atoms with Gasteiger partial charge in [0.15, 0.2) is 0 Å². The molecule has 63 heavy (non-hydrogen) atoms. The van der Waals surface area contributed by atoms with Gasteiger partial charge in [-0.05, 0) is 133 Å². The van der Waals surface area contributed by atoms with Crippen molar-refractivity contribution >= 4 is 88.7 Å². The van der Waals surface area contributed by atoms with E-state index in [1.54, 1.807) is 0 Å². The third kappa shape index (κ3) is 7.44. The molecule has 8 aromatic rings. The molecule has 316 valence electrons. The largest absolute Gasteiger partial charge is 0.353 e. The normalized spacial score (nSPS) is 13.5. The van der Waals surface area contributed by atoms with Crippen LogP contribution in [0, 0.1) is 13.8 Å². The number of aromatic nitrogens is 4. The molecule has 0 saturated carbocycles. The number of hydrogen-bond acceptors (Lipinski definition) is 3. The molecule has 2 N–H and O–H groups in total. The average Bonchev–Trinajstić information content (AvgIpc) is 4.16. The van der Waals surface area contributed by atoms with E-state index in [0.717, 1.165) is 70.7 Å². The van der Waals surface area contributed by atoms with Crippen LogP contribution in [0.1, 0.15) is 136 Å². The molecule has 10 bridgehead atoms. The fourth-order valence-electron chi connectivity index (χ4n) is 10.4. The number of aromatic amines is 2. The predicted octanol–water partition coefficient (Wildman–Crippen LogP) is 17.5. The van der Waals surface area contributed by atoms with E-state index in [-0.39, 0.29) is 0 Å². The van der Waals surface area contributed by atoms with Gasteiger partial charge in [-0.1, -0.05) is 137 Å². The Morgan fingerprint density at radius 1 is 0.524 bits per heavy atom. The first-order valence-electron chi connectivity index (χ1n) is 23.4. The van der Waals surface area contributed by atoms with Crippen molar-refractivity contribution in [1.29, 1.82) is 0 Å². The summed E-state index contributed by atoms with van der Waals surface area (Å²) in [6.45, 7) is 13.7. The molecule has 4 aromatic carbocycles. The van der Waals surface area contributed by atoms with Gasteiger partial charge in [-0.25, -0.2) is 9.97 Å². The second-order valence-electron chi connectivity index (χ2n) is 17.9. The smallest absolute Gasteiger partial charge is 0.0730 e. The Balaban J connectivity index is 1.41. The molecule has 0 amide bonds. The Morgan fingerprint density at radius 2 is 0.952 bits per heavy atom. The van der Waals surface area contributed by atoms with Crippen molar-refractivity contribution in [2.24, 2.45) is 0 Å². The van der Waals surface area contributed by atoms with Gasteiger partial charge in [-0.15, -0.1) is 11.3 Å². The van der Waals surface area contributed by atoms with Crippen LogP contribution in [-0.4, -0.2) is 19.9 Å². The highest BCUT2D eigenvalue weighted by Crippen LogP contribution is 2.47. The SMILES string of the molecule is CCCCC(CC)c1c2cc3nc(c(-c4ccc(C)cc4)c4ccc(s4)c(-c4ccc(C)cc4)c4nc(cc5[nH]c6c([nH]2)c1c1ccccc1c6c5C(CC)CCCC)C=C4)C=C3. The molecule has 2 aliphatic rings. The van der Waals surface area contributed by atoms with Crippen molar-refractivity contribution in [2.45, 2.75) is 105 Å². The Labute approximate surface area is 375 Å². The van der Waals surface area contributed by atoms with E-state index in [4.69, 9.17) is 9.97 Å². The summed E-state index contributed by atoms with van der Waals surface area (Å²) in [6, 6.07) is 36.3. The number of nitrogens with zero attached hydrogens (tertiary/aromatic N) is 2. The first-order chi connectivity index (χ1) is 30.9. The number of fused-ring (bicyclic) bond motifs is 11. The standard InChI is InChI=1S/C58H58N4S/c1-7-11-15-37(9-3)53-47-33-41-27-29-45(59-41)51(39-23-19-35(5)20-24-39)49-31-32-50(63-49)52(40-25-21-36(6)22-26-40)46-30-28-42(60-46)34-48-54(38(10-4)16-12-8-2)56-44-18-14-13-17-43(44)55(53)57(61-47)58(56)62-48/h13-14,17-34,37-38,61-62H,7-12,15-16H2,1-6H3. The van der Waals surface area contributed by atoms with E-state index in [2.05, 4.69) is 173 Å². The molecule has 4 nitrogen and oxygen atoms in total. The minimum absolute atomic E-state index is 0.400. The highest BCUT2D eigenvalue weighted by atomic mass is 32.1. The summed E-state index contributed by atoms with van der Waals surface area (Å²) in [6.07, 6.45) is 18.1. The van der Waals surface area contributed by atoms with Gasteiger partial charge in [-0.3, -0.25) is 0 Å². The van der Waals surface area contributed by atoms with Gasteiger partial charge >= 0.3 is 0 Å². The van der Waals surface area contributed by atoms with Gasteiger partial charge in [-0.2, -0.15) is 0 Å². The van der Waals surface area contributed by atoms with E-state index in [1.807, 2.05) is 11.3 Å². The third-order valence-corrected chi connectivity index (χ3v) is 14.8. The third-order valence-electron chi connectivity index (χ3n) is 13.7. The number of aryl methyl sites for hydroxylation is 2. The van der Waals surface area contributed by atoms with Crippen molar-refractivity contribution in [3.63, 3.8) is 0 Å². The van der Waals surface area contributed by atoms with Crippen LogP contribution in [-0.2, 0) is 0 Å². The van der Waals surface area contributed by atoms with Crippen molar-refractivity contribution in [3.05, 3.63) is 142 Å². The number of rotatable bonds is 12. The second-order valence-corrected chi connectivity index (χ2v) is 19.0. The van der Waals surface area contributed by atoms with Crippen LogP contribution in [0.15, 0.2) is 97.1 Å². The average molecular weight is 843 g/mol. The van der Waals surface area contributed by atoms with E-state index in [0.29, 0.717) is 11.8 Å². The summed E-state index contributed by atoms with van der Waals surface area (Å²) in [5, 5.41) is 5.35. The van der Waals surface area contributed by atoms with E-state index >= 15 is 0 Å². The summed E-state index contributed by atoms with van der Waals surface area (Å²) >= 11 is 1.82. The second kappa shape index (κ2) is 17.3. The summed E-state index contributed by atoms with van der Waals surface area (Å²) < 4.78 is 2.37. The fourth-order valence-corrected chi connectivity index (χ4v) is 11.5. The topological polar surface area (TPSA) is 57.4 Å². The maximum absolute atomic E-state index is 5.49. The lowest BCUT2D eigenvalue weighted by atomic mass is 9.85. The first-order valence-corrected chi connectivity index (χ1v) is 24.3. The Morgan fingerprint density at radius 3 is 1.35 bits per heavy atom.